The second-order valence-electron chi connectivity index (χ2n) is 8.32. The molecular weight excluding hydrogens is 378 g/mol. The molecule has 0 aromatic heterocycles. The summed E-state index contributed by atoms with van der Waals surface area (Å²) in [5, 5.41) is 21.8. The number of hydrogen-bond acceptors (Lipinski definition) is 5. The van der Waals surface area contributed by atoms with Crippen LogP contribution in [0.2, 0.25) is 0 Å². The minimum atomic E-state index is -0.789. The molecule has 0 saturated carbocycles. The maximum absolute atomic E-state index is 11.3. The van der Waals surface area contributed by atoms with E-state index in [1.807, 2.05) is 25.1 Å². The number of morpholine rings is 1. The Balaban J connectivity index is 1.97. The minimum absolute atomic E-state index is 0.0424. The van der Waals surface area contributed by atoms with Crippen LogP contribution in [0.15, 0.2) is 42.5 Å². The van der Waals surface area contributed by atoms with Gasteiger partial charge in [0, 0.05) is 18.8 Å². The summed E-state index contributed by atoms with van der Waals surface area (Å²) in [6, 6.07) is 15.6. The van der Waals surface area contributed by atoms with E-state index in [9.17, 15) is 9.90 Å². The number of hydrogen-bond donors (Lipinski definition) is 2. The molecule has 30 heavy (non-hydrogen) atoms. The maximum Gasteiger partial charge on any atom is 0.303 e. The van der Waals surface area contributed by atoms with Crippen molar-refractivity contribution in [3.05, 3.63) is 53.6 Å². The highest BCUT2D eigenvalue weighted by Gasteiger charge is 2.29. The van der Waals surface area contributed by atoms with E-state index in [-0.39, 0.29) is 17.9 Å². The SMILES string of the molecule is CCC(CC(=O)O)c1ccc(N2CCOC(C)(C)C2)c(Nc2ccc(C#N)cc2)c1. The highest BCUT2D eigenvalue weighted by atomic mass is 16.5. The third-order valence-electron chi connectivity index (χ3n) is 5.47. The molecular formula is C24H29N3O3. The predicted molar refractivity (Wildman–Crippen MR) is 118 cm³/mol. The molecule has 158 valence electrons. The zero-order valence-electron chi connectivity index (χ0n) is 17.8. The number of carbonyl (C=O) groups is 1. The maximum atomic E-state index is 11.3. The van der Waals surface area contributed by atoms with Gasteiger partial charge < -0.3 is 20.1 Å². The van der Waals surface area contributed by atoms with Gasteiger partial charge in [-0.3, -0.25) is 4.79 Å². The average Bonchev–Trinajstić information content (AvgIpc) is 2.71. The number of nitriles is 1. The van der Waals surface area contributed by atoms with Crippen LogP contribution in [-0.2, 0) is 9.53 Å². The van der Waals surface area contributed by atoms with Crippen molar-refractivity contribution in [2.24, 2.45) is 0 Å². The number of nitrogens with one attached hydrogen (secondary N) is 1. The Morgan fingerprint density at radius 2 is 2.03 bits per heavy atom. The molecule has 3 rings (SSSR count). The summed E-state index contributed by atoms with van der Waals surface area (Å²) in [7, 11) is 0. The zero-order valence-corrected chi connectivity index (χ0v) is 17.8. The number of ether oxygens (including phenoxy) is 1. The normalized spacial score (nSPS) is 16.5. The molecule has 1 fully saturated rings. The highest BCUT2D eigenvalue weighted by Crippen LogP contribution is 2.36. The van der Waals surface area contributed by atoms with Crippen molar-refractivity contribution in [3.63, 3.8) is 0 Å². The molecule has 2 aromatic carbocycles. The van der Waals surface area contributed by atoms with Gasteiger partial charge in [0.05, 0.1) is 41.6 Å². The molecule has 2 N–H and O–H groups in total. The second kappa shape index (κ2) is 9.19. The van der Waals surface area contributed by atoms with Gasteiger partial charge in [-0.05, 0) is 68.1 Å². The number of rotatable bonds is 7. The molecule has 1 aliphatic heterocycles. The van der Waals surface area contributed by atoms with E-state index in [4.69, 9.17) is 10.00 Å². The van der Waals surface area contributed by atoms with Crippen molar-refractivity contribution in [2.45, 2.75) is 45.1 Å². The van der Waals surface area contributed by atoms with Gasteiger partial charge >= 0.3 is 5.97 Å². The number of benzene rings is 2. The molecule has 6 nitrogen and oxygen atoms in total. The number of aliphatic carboxylic acids is 1. The van der Waals surface area contributed by atoms with Crippen molar-refractivity contribution < 1.29 is 14.6 Å². The quantitative estimate of drug-likeness (QED) is 0.680. The van der Waals surface area contributed by atoms with Crippen LogP contribution in [0.25, 0.3) is 0 Å². The van der Waals surface area contributed by atoms with Gasteiger partial charge in [-0.15, -0.1) is 0 Å². The van der Waals surface area contributed by atoms with E-state index in [0.717, 1.165) is 42.1 Å². The van der Waals surface area contributed by atoms with E-state index < -0.39 is 5.97 Å². The molecule has 1 saturated heterocycles. The van der Waals surface area contributed by atoms with Crippen molar-refractivity contribution >= 4 is 23.0 Å². The van der Waals surface area contributed by atoms with E-state index in [1.165, 1.54) is 0 Å². The molecule has 2 aromatic rings. The summed E-state index contributed by atoms with van der Waals surface area (Å²) in [6.07, 6.45) is 0.864. The number of carboxylic acid groups (broad SMARTS) is 1. The lowest BCUT2D eigenvalue weighted by atomic mass is 9.92. The van der Waals surface area contributed by atoms with Gasteiger partial charge in [0.1, 0.15) is 0 Å². The van der Waals surface area contributed by atoms with E-state index in [1.54, 1.807) is 12.1 Å². The fourth-order valence-electron chi connectivity index (χ4n) is 3.90. The van der Waals surface area contributed by atoms with Crippen LogP contribution in [0.5, 0.6) is 0 Å². The third kappa shape index (κ3) is 5.31. The highest BCUT2D eigenvalue weighted by molar-refractivity contribution is 5.77. The van der Waals surface area contributed by atoms with E-state index in [0.29, 0.717) is 12.2 Å². The van der Waals surface area contributed by atoms with Crippen molar-refractivity contribution in [3.8, 4) is 6.07 Å². The molecule has 0 radical (unpaired) electrons. The van der Waals surface area contributed by atoms with Crippen molar-refractivity contribution in [2.75, 3.05) is 29.9 Å². The van der Waals surface area contributed by atoms with Crippen LogP contribution >= 0.6 is 0 Å². The third-order valence-corrected chi connectivity index (χ3v) is 5.47. The Labute approximate surface area is 178 Å². The van der Waals surface area contributed by atoms with Crippen LogP contribution in [-0.4, -0.2) is 36.4 Å². The lowest BCUT2D eigenvalue weighted by molar-refractivity contribution is -0.137. The Kier molecular flexibility index (Phi) is 6.63. The molecule has 1 aliphatic rings. The number of carboxylic acids is 1. The molecule has 6 heteroatoms. The topological polar surface area (TPSA) is 85.6 Å². The first-order valence-electron chi connectivity index (χ1n) is 10.3. The lowest BCUT2D eigenvalue weighted by Gasteiger charge is -2.40. The fraction of sp³-hybridized carbons (Fsp3) is 0.417. The van der Waals surface area contributed by atoms with Crippen molar-refractivity contribution in [1.82, 2.24) is 0 Å². The molecule has 1 unspecified atom stereocenters. The van der Waals surface area contributed by atoms with Crippen molar-refractivity contribution in [1.29, 1.82) is 5.26 Å². The van der Waals surface area contributed by atoms with Crippen LogP contribution < -0.4 is 10.2 Å². The number of anilines is 3. The standard InChI is InChI=1S/C24H29N3O3/c1-4-18(14-23(28)29)19-7-10-22(27-11-12-30-24(2,3)16-27)21(13-19)26-20-8-5-17(15-25)6-9-20/h5-10,13,18,26H,4,11-12,14,16H2,1-3H3,(H,28,29). The van der Waals surface area contributed by atoms with Crippen LogP contribution in [0.4, 0.5) is 17.1 Å². The molecule has 0 spiro atoms. The largest absolute Gasteiger partial charge is 0.481 e. The van der Waals surface area contributed by atoms with Gasteiger partial charge in [-0.25, -0.2) is 0 Å². The van der Waals surface area contributed by atoms with E-state index >= 15 is 0 Å². The molecule has 1 atom stereocenters. The smallest absolute Gasteiger partial charge is 0.303 e. The van der Waals surface area contributed by atoms with Gasteiger partial charge in [0.25, 0.3) is 0 Å². The number of nitrogens with zero attached hydrogens (tertiary/aromatic N) is 2. The van der Waals surface area contributed by atoms with Gasteiger partial charge in [0.2, 0.25) is 0 Å². The average molecular weight is 408 g/mol. The monoisotopic (exact) mass is 407 g/mol. The molecule has 0 amide bonds. The van der Waals surface area contributed by atoms with Crippen LogP contribution in [0.3, 0.4) is 0 Å². The predicted octanol–water partition coefficient (Wildman–Crippen LogP) is 4.89. The van der Waals surface area contributed by atoms with Crippen LogP contribution in [0.1, 0.15) is 50.7 Å². The first-order valence-corrected chi connectivity index (χ1v) is 10.3. The lowest BCUT2D eigenvalue weighted by Crippen LogP contribution is -2.48. The Bertz CT molecular complexity index is 932. The first-order chi connectivity index (χ1) is 14.3. The Hall–Kier alpha value is -3.04. The summed E-state index contributed by atoms with van der Waals surface area (Å²) in [5.74, 6) is -0.832. The van der Waals surface area contributed by atoms with Gasteiger partial charge in [-0.1, -0.05) is 13.0 Å². The molecule has 0 aliphatic carbocycles. The Morgan fingerprint density at radius 3 is 2.63 bits per heavy atom. The second-order valence-corrected chi connectivity index (χ2v) is 8.32. The summed E-state index contributed by atoms with van der Waals surface area (Å²) in [5.41, 5.74) is 4.25. The van der Waals surface area contributed by atoms with E-state index in [2.05, 4.69) is 42.3 Å². The zero-order chi connectivity index (χ0) is 21.7. The first kappa shape index (κ1) is 21.7. The Morgan fingerprint density at radius 1 is 1.30 bits per heavy atom. The molecule has 1 heterocycles. The summed E-state index contributed by atoms with van der Waals surface area (Å²) in [4.78, 5) is 13.6. The molecule has 0 bridgehead atoms. The van der Waals surface area contributed by atoms with Gasteiger partial charge in [0.15, 0.2) is 0 Å². The summed E-state index contributed by atoms with van der Waals surface area (Å²) in [6.45, 7) is 8.39. The summed E-state index contributed by atoms with van der Waals surface area (Å²) >= 11 is 0. The fourth-order valence-corrected chi connectivity index (χ4v) is 3.90. The van der Waals surface area contributed by atoms with Crippen LogP contribution in [0, 0.1) is 11.3 Å². The summed E-state index contributed by atoms with van der Waals surface area (Å²) < 4.78 is 5.87. The van der Waals surface area contributed by atoms with Gasteiger partial charge in [-0.2, -0.15) is 5.26 Å². The minimum Gasteiger partial charge on any atom is -0.481 e.